The molecule has 1 saturated heterocycles. The molecule has 10 heteroatoms. The minimum atomic E-state index is -1.56. The van der Waals surface area contributed by atoms with Gasteiger partial charge in [-0.25, -0.2) is 18.0 Å². The number of halogens is 4. The van der Waals surface area contributed by atoms with E-state index in [0.717, 1.165) is 6.20 Å². The Morgan fingerprint density at radius 1 is 1.10 bits per heavy atom. The van der Waals surface area contributed by atoms with Crippen LogP contribution in [0, 0.1) is 17.5 Å². The number of piperazine rings is 1. The second kappa shape index (κ2) is 7.53. The first-order chi connectivity index (χ1) is 13.2. The topological polar surface area (TPSA) is 74.6 Å². The van der Waals surface area contributed by atoms with Crippen molar-refractivity contribution in [2.24, 2.45) is 0 Å². The Morgan fingerprint density at radius 2 is 1.69 bits per heavy atom. The number of hydrogen-bond donors (Lipinski definition) is 2. The van der Waals surface area contributed by atoms with Crippen molar-refractivity contribution in [2.75, 3.05) is 18.0 Å². The van der Waals surface area contributed by atoms with E-state index in [4.69, 9.17) is 0 Å². The molecular weight excluding hydrogens is 411 g/mol. The number of carboxylic acid groups (broad SMARTS) is 1. The van der Waals surface area contributed by atoms with Crippen LogP contribution in [-0.2, 0) is 0 Å². The molecule has 2 atom stereocenters. The number of hydrogen-bond acceptors (Lipinski definition) is 4. The second-order valence-electron chi connectivity index (χ2n) is 7.70. The van der Waals surface area contributed by atoms with Gasteiger partial charge in [0, 0.05) is 37.4 Å². The lowest BCUT2D eigenvalue weighted by Crippen LogP contribution is -2.54. The fraction of sp³-hybridized carbons (Fsp3) is 0.474. The Kier molecular flexibility index (Phi) is 5.57. The van der Waals surface area contributed by atoms with Gasteiger partial charge < -0.3 is 19.9 Å². The Balaban J connectivity index is 0.00000240. The molecule has 0 amide bonds. The largest absolute Gasteiger partial charge is 0.477 e. The third-order valence-electron chi connectivity index (χ3n) is 5.32. The van der Waals surface area contributed by atoms with Gasteiger partial charge in [-0.2, -0.15) is 0 Å². The van der Waals surface area contributed by atoms with Gasteiger partial charge in [0.2, 0.25) is 5.43 Å². The molecule has 2 aliphatic rings. The maximum atomic E-state index is 15.5. The van der Waals surface area contributed by atoms with Gasteiger partial charge in [-0.3, -0.25) is 4.79 Å². The number of nitrogens with zero attached hydrogens (tertiary/aromatic N) is 2. The quantitative estimate of drug-likeness (QED) is 0.731. The fourth-order valence-corrected chi connectivity index (χ4v) is 4.06. The minimum Gasteiger partial charge on any atom is -0.477 e. The smallest absolute Gasteiger partial charge is 0.341 e. The summed E-state index contributed by atoms with van der Waals surface area (Å²) in [6.07, 6.45) is 2.33. The van der Waals surface area contributed by atoms with Crippen molar-refractivity contribution < 1.29 is 23.1 Å². The Labute approximate surface area is 170 Å². The number of aromatic carboxylic acids is 1. The Morgan fingerprint density at radius 3 is 2.21 bits per heavy atom. The van der Waals surface area contributed by atoms with E-state index >= 15 is 4.39 Å². The molecular formula is C19H21ClF3N3O3. The zero-order chi connectivity index (χ0) is 20.3. The van der Waals surface area contributed by atoms with Gasteiger partial charge in [0.15, 0.2) is 17.5 Å². The predicted octanol–water partition coefficient (Wildman–Crippen LogP) is 3.06. The lowest BCUT2D eigenvalue weighted by molar-refractivity contribution is 0.0694. The van der Waals surface area contributed by atoms with Crippen LogP contribution in [0.1, 0.15) is 43.1 Å². The number of carbonyl (C=O) groups is 1. The molecule has 2 aromatic rings. The van der Waals surface area contributed by atoms with Gasteiger partial charge in [-0.1, -0.05) is 0 Å². The summed E-state index contributed by atoms with van der Waals surface area (Å²) in [6.45, 7) is 4.25. The molecule has 0 spiro atoms. The van der Waals surface area contributed by atoms with E-state index in [9.17, 15) is 23.5 Å². The summed E-state index contributed by atoms with van der Waals surface area (Å²) in [6, 6.07) is -0.378. The molecule has 4 rings (SSSR count). The molecule has 1 aromatic carbocycles. The van der Waals surface area contributed by atoms with E-state index < -0.39 is 45.5 Å². The molecule has 0 radical (unpaired) electrons. The van der Waals surface area contributed by atoms with Gasteiger partial charge >= 0.3 is 5.97 Å². The van der Waals surface area contributed by atoms with Crippen LogP contribution < -0.4 is 15.6 Å². The number of anilines is 1. The van der Waals surface area contributed by atoms with Crippen LogP contribution in [0.4, 0.5) is 18.9 Å². The number of nitrogens with one attached hydrogen (secondary N) is 1. The first-order valence-electron chi connectivity index (χ1n) is 9.20. The summed E-state index contributed by atoms with van der Waals surface area (Å²) in [5, 5.41) is 11.7. The van der Waals surface area contributed by atoms with Crippen LogP contribution in [0.2, 0.25) is 0 Å². The number of carboxylic acids is 1. The fourth-order valence-electron chi connectivity index (χ4n) is 4.06. The highest BCUT2D eigenvalue weighted by molar-refractivity contribution is 5.94. The number of aromatic nitrogens is 1. The number of benzene rings is 1. The van der Waals surface area contributed by atoms with Crippen LogP contribution in [0.25, 0.3) is 10.9 Å². The number of pyridine rings is 1. The van der Waals surface area contributed by atoms with Crippen molar-refractivity contribution in [2.45, 2.75) is 44.8 Å². The van der Waals surface area contributed by atoms with Gasteiger partial charge in [0.05, 0.1) is 10.9 Å². The van der Waals surface area contributed by atoms with E-state index in [1.54, 1.807) is 0 Å². The van der Waals surface area contributed by atoms with E-state index in [-0.39, 0.29) is 49.1 Å². The number of rotatable bonds is 3. The summed E-state index contributed by atoms with van der Waals surface area (Å²) in [5.74, 6) is -5.56. The van der Waals surface area contributed by atoms with Gasteiger partial charge in [0.25, 0.3) is 0 Å². The highest BCUT2D eigenvalue weighted by atomic mass is 35.5. The summed E-state index contributed by atoms with van der Waals surface area (Å²) in [7, 11) is 0. The van der Waals surface area contributed by atoms with Crippen molar-refractivity contribution in [3.8, 4) is 0 Å². The molecule has 1 aromatic heterocycles. The van der Waals surface area contributed by atoms with Gasteiger partial charge in [-0.05, 0) is 26.7 Å². The molecule has 2 heterocycles. The van der Waals surface area contributed by atoms with Crippen LogP contribution in [-0.4, -0.2) is 40.8 Å². The molecule has 6 nitrogen and oxygen atoms in total. The van der Waals surface area contributed by atoms with E-state index in [1.165, 1.54) is 9.47 Å². The molecule has 1 saturated carbocycles. The molecule has 2 N–H and O–H groups in total. The van der Waals surface area contributed by atoms with Crippen molar-refractivity contribution in [1.82, 2.24) is 9.88 Å². The third-order valence-corrected chi connectivity index (χ3v) is 5.32. The Hall–Kier alpha value is -2.26. The standard InChI is InChI=1S/C19H20F3N3O3.ClH/c1-8-5-24(6-9(2)23-8)17-14(21)13(20)12-16(15(17)22)25(10-3-4-10)7-11(18(12)26)19(27)28;/h7-10,23H,3-6H2,1-2H3,(H,27,28);1H/t8-,9+;. The van der Waals surface area contributed by atoms with Gasteiger partial charge in [-0.15, -0.1) is 12.4 Å². The molecule has 1 aliphatic carbocycles. The summed E-state index contributed by atoms with van der Waals surface area (Å²) < 4.78 is 46.7. The Bertz CT molecular complexity index is 1040. The zero-order valence-corrected chi connectivity index (χ0v) is 16.7. The average Bonchev–Trinajstić information content (AvgIpc) is 3.43. The highest BCUT2D eigenvalue weighted by Crippen LogP contribution is 2.40. The normalized spacial score (nSPS) is 21.9. The maximum Gasteiger partial charge on any atom is 0.341 e. The first-order valence-corrected chi connectivity index (χ1v) is 9.20. The monoisotopic (exact) mass is 431 g/mol. The van der Waals surface area contributed by atoms with E-state index in [0.29, 0.717) is 12.8 Å². The zero-order valence-electron chi connectivity index (χ0n) is 15.8. The van der Waals surface area contributed by atoms with E-state index in [1.807, 2.05) is 13.8 Å². The third kappa shape index (κ3) is 3.46. The second-order valence-corrected chi connectivity index (χ2v) is 7.70. The van der Waals surface area contributed by atoms with Crippen LogP contribution in [0.5, 0.6) is 0 Å². The van der Waals surface area contributed by atoms with Crippen molar-refractivity contribution in [3.05, 3.63) is 39.4 Å². The van der Waals surface area contributed by atoms with Crippen LogP contribution in [0.3, 0.4) is 0 Å². The summed E-state index contributed by atoms with van der Waals surface area (Å²) >= 11 is 0. The molecule has 1 aliphatic heterocycles. The lowest BCUT2D eigenvalue weighted by atomic mass is 10.1. The molecule has 29 heavy (non-hydrogen) atoms. The van der Waals surface area contributed by atoms with Crippen LogP contribution >= 0.6 is 12.4 Å². The van der Waals surface area contributed by atoms with E-state index in [2.05, 4.69) is 5.32 Å². The highest BCUT2D eigenvalue weighted by Gasteiger charge is 2.35. The SMILES string of the molecule is C[C@@H]1CN(c2c(F)c(F)c3c(=O)c(C(=O)O)cn(C4CC4)c3c2F)C[C@H](C)N1.Cl. The molecule has 2 fully saturated rings. The minimum absolute atomic E-state index is 0. The maximum absolute atomic E-state index is 15.5. The average molecular weight is 432 g/mol. The van der Waals surface area contributed by atoms with Crippen LogP contribution in [0.15, 0.2) is 11.0 Å². The van der Waals surface area contributed by atoms with Crippen molar-refractivity contribution >= 4 is 35.0 Å². The van der Waals surface area contributed by atoms with Gasteiger partial charge in [0.1, 0.15) is 11.3 Å². The number of fused-ring (bicyclic) bond motifs is 1. The lowest BCUT2D eigenvalue weighted by Gasteiger charge is -2.38. The molecule has 158 valence electrons. The van der Waals surface area contributed by atoms with Crippen molar-refractivity contribution in [3.63, 3.8) is 0 Å². The molecule has 0 bridgehead atoms. The van der Waals surface area contributed by atoms with Crippen molar-refractivity contribution in [1.29, 1.82) is 0 Å². The summed E-state index contributed by atoms with van der Waals surface area (Å²) in [4.78, 5) is 25.3. The first kappa shape index (κ1) is 21.4. The predicted molar refractivity (Wildman–Crippen MR) is 105 cm³/mol. The molecule has 0 unspecified atom stereocenters. The summed E-state index contributed by atoms with van der Waals surface area (Å²) in [5.41, 5.74) is -2.80.